The van der Waals surface area contributed by atoms with E-state index in [4.69, 9.17) is 37.6 Å². The van der Waals surface area contributed by atoms with E-state index in [2.05, 4.69) is 11.5 Å². The van der Waals surface area contributed by atoms with Crippen LogP contribution in [0.3, 0.4) is 0 Å². The van der Waals surface area contributed by atoms with E-state index >= 15 is 0 Å². The molecule has 0 unspecified atom stereocenters. The Balaban J connectivity index is -0.000000117. The Morgan fingerprint density at radius 1 is 1.31 bits per heavy atom. The van der Waals surface area contributed by atoms with Crippen molar-refractivity contribution in [2.75, 3.05) is 0 Å². The molecular weight excluding hydrogens is 214 g/mol. The predicted octanol–water partition coefficient (Wildman–Crippen LogP) is -1.98. The van der Waals surface area contributed by atoms with Crippen LogP contribution in [0.1, 0.15) is 0 Å². The first kappa shape index (κ1) is 17.4. The maximum atomic E-state index is 9.00. The van der Waals surface area contributed by atoms with E-state index in [1.54, 1.807) is 0 Å². The quantitative estimate of drug-likeness (QED) is 0.175. The van der Waals surface area contributed by atoms with Gasteiger partial charge in [-0.2, -0.15) is 8.42 Å². The highest BCUT2D eigenvalue weighted by molar-refractivity contribution is 7.79. The van der Waals surface area contributed by atoms with Gasteiger partial charge in [0.1, 0.15) is 0 Å². The van der Waals surface area contributed by atoms with Crippen LogP contribution in [0.2, 0.25) is 0 Å². The molecule has 80 valence electrons. The lowest BCUT2D eigenvalue weighted by atomic mass is 11.2. The lowest BCUT2D eigenvalue weighted by Crippen LogP contribution is -2.18. The molecule has 0 heterocycles. The third kappa shape index (κ3) is 261. The number of nitrogens with two attached hydrogens (primary N) is 2. The summed E-state index contributed by atoms with van der Waals surface area (Å²) in [6.45, 7) is 0. The largest absolute Gasteiger partial charge is 0.394 e. The van der Waals surface area contributed by atoms with Crippen molar-refractivity contribution < 1.29 is 32.6 Å². The van der Waals surface area contributed by atoms with Crippen molar-refractivity contribution in [3.8, 4) is 0 Å². The molecule has 0 saturated carbocycles. The van der Waals surface area contributed by atoms with E-state index in [1.165, 1.54) is 0 Å². The maximum absolute atomic E-state index is 9.00. The number of hydrogen-bond donors (Lipinski definition) is 5. The van der Waals surface area contributed by atoms with E-state index in [-0.39, 0.29) is 0 Å². The maximum Gasteiger partial charge on any atom is 0.394 e. The molecule has 0 aliphatic rings. The van der Waals surface area contributed by atoms with Gasteiger partial charge in [0.25, 0.3) is 5.09 Å². The first-order valence-electron chi connectivity index (χ1n) is 2.05. The smallest absolute Gasteiger partial charge is 0.352 e. The van der Waals surface area contributed by atoms with Gasteiger partial charge in [0.05, 0.1) is 0 Å². The Kier molecular flexibility index (Phi) is 11.3. The fraction of sp³-hybridized carbons (Fsp3) is 0. The summed E-state index contributed by atoms with van der Waals surface area (Å²) < 4.78 is 31.6. The van der Waals surface area contributed by atoms with E-state index in [0.29, 0.717) is 0 Å². The molecule has 11 nitrogen and oxygen atoms in total. The zero-order valence-corrected chi connectivity index (χ0v) is 6.71. The predicted molar refractivity (Wildman–Crippen MR) is 36.7 cm³/mol. The topological polar surface area (TPSA) is 207 Å². The first-order valence-corrected chi connectivity index (χ1v) is 3.44. The number of amides is 2. The SMILES string of the molecule is NC(N)=O.O=S(=O)(O)O.O=[N+]([O-])O. The van der Waals surface area contributed by atoms with Crippen LogP contribution in [0, 0.1) is 10.1 Å². The van der Waals surface area contributed by atoms with Gasteiger partial charge in [-0.1, -0.05) is 0 Å². The van der Waals surface area contributed by atoms with Crippen LogP contribution < -0.4 is 11.5 Å². The van der Waals surface area contributed by atoms with Crippen molar-refractivity contribution in [3.05, 3.63) is 10.1 Å². The van der Waals surface area contributed by atoms with E-state index in [9.17, 15) is 0 Å². The summed E-state index contributed by atoms with van der Waals surface area (Å²) in [6, 6.07) is -0.833. The van der Waals surface area contributed by atoms with Crippen LogP contribution in [0.5, 0.6) is 0 Å². The highest BCUT2D eigenvalue weighted by Gasteiger charge is 1.84. The number of urea groups is 1. The summed E-state index contributed by atoms with van der Waals surface area (Å²) in [7, 11) is -4.67. The number of nitrogens with zero attached hydrogens (tertiary/aromatic N) is 1. The molecule has 2 amide bonds. The summed E-state index contributed by atoms with van der Waals surface area (Å²) in [5, 5.41) is 13.6. The Hall–Kier alpha value is -1.66. The van der Waals surface area contributed by atoms with E-state index in [1.807, 2.05) is 0 Å². The molecule has 0 radical (unpaired) electrons. The number of hydrogen-bond acceptors (Lipinski definition) is 5. The Morgan fingerprint density at radius 3 is 1.31 bits per heavy atom. The molecule has 0 aromatic rings. The molecule has 0 aliphatic carbocycles. The summed E-state index contributed by atoms with van der Waals surface area (Å²) in [4.78, 5) is 17.4. The van der Waals surface area contributed by atoms with Crippen LogP contribution in [-0.4, -0.2) is 33.8 Å². The molecule has 12 heteroatoms. The molecule has 0 aliphatic heterocycles. The molecule has 0 bridgehead atoms. The lowest BCUT2D eigenvalue weighted by molar-refractivity contribution is -0.742. The van der Waals surface area contributed by atoms with Gasteiger partial charge >= 0.3 is 16.4 Å². The highest BCUT2D eigenvalue weighted by Crippen LogP contribution is 1.59. The summed E-state index contributed by atoms with van der Waals surface area (Å²) in [6.07, 6.45) is 0. The van der Waals surface area contributed by atoms with Crippen molar-refractivity contribution in [3.63, 3.8) is 0 Å². The van der Waals surface area contributed by atoms with Gasteiger partial charge in [0, 0.05) is 0 Å². The number of carbonyl (C=O) groups excluding carboxylic acids is 1. The number of rotatable bonds is 0. The minimum atomic E-state index is -4.67. The molecule has 0 fully saturated rings. The number of carbonyl (C=O) groups is 1. The molecule has 0 saturated heterocycles. The van der Waals surface area contributed by atoms with Gasteiger partial charge < -0.3 is 16.7 Å². The molecule has 0 atom stereocenters. The second-order valence-corrected chi connectivity index (χ2v) is 1.98. The van der Waals surface area contributed by atoms with E-state index < -0.39 is 21.5 Å². The lowest BCUT2D eigenvalue weighted by Gasteiger charge is -1.68. The standard InChI is InChI=1S/CH4N2O.HNO3.H2O4S/c2*2-1(3)4;1-5(2,3)4/h(H4,2,3,4);(H,2,3,4);(H2,1,2,3,4). The highest BCUT2D eigenvalue weighted by atomic mass is 32.3. The Bertz CT molecular complexity index is 214. The van der Waals surface area contributed by atoms with Crippen molar-refractivity contribution in [1.82, 2.24) is 0 Å². The van der Waals surface area contributed by atoms with Crippen molar-refractivity contribution >= 4 is 16.4 Å². The van der Waals surface area contributed by atoms with E-state index in [0.717, 1.165) is 0 Å². The van der Waals surface area contributed by atoms with Crippen molar-refractivity contribution in [1.29, 1.82) is 0 Å². The fourth-order valence-electron chi connectivity index (χ4n) is 0. The van der Waals surface area contributed by atoms with Gasteiger partial charge in [0.2, 0.25) is 0 Å². The average Bonchev–Trinajstić information content (AvgIpc) is 1.50. The van der Waals surface area contributed by atoms with Gasteiger partial charge in [-0.3, -0.25) is 9.11 Å². The second kappa shape index (κ2) is 8.44. The first-order chi connectivity index (χ1) is 5.46. The second-order valence-electron chi connectivity index (χ2n) is 1.09. The molecule has 0 spiro atoms. The molecule has 7 N–H and O–H groups in total. The Labute approximate surface area is 71.6 Å². The number of primary amides is 2. The van der Waals surface area contributed by atoms with Crippen LogP contribution in [-0.2, 0) is 10.4 Å². The molecule has 0 aromatic heterocycles. The molecule has 0 rings (SSSR count). The van der Waals surface area contributed by atoms with Crippen molar-refractivity contribution in [2.45, 2.75) is 0 Å². The van der Waals surface area contributed by atoms with Gasteiger partial charge in [-0.15, -0.1) is 10.1 Å². The minimum absolute atomic E-state index is 0.833. The monoisotopic (exact) mass is 221 g/mol. The van der Waals surface area contributed by atoms with Crippen LogP contribution in [0.4, 0.5) is 4.79 Å². The summed E-state index contributed by atoms with van der Waals surface area (Å²) in [5.74, 6) is 0. The van der Waals surface area contributed by atoms with Crippen LogP contribution >= 0.6 is 0 Å². The zero-order chi connectivity index (χ0) is 11.7. The molecular formula is CH7N3O8S. The average molecular weight is 221 g/mol. The van der Waals surface area contributed by atoms with Crippen LogP contribution in [0.25, 0.3) is 0 Å². The minimum Gasteiger partial charge on any atom is -0.352 e. The summed E-state index contributed by atoms with van der Waals surface area (Å²) >= 11 is 0. The van der Waals surface area contributed by atoms with Gasteiger partial charge in [-0.25, -0.2) is 4.79 Å². The zero-order valence-electron chi connectivity index (χ0n) is 5.89. The van der Waals surface area contributed by atoms with Gasteiger partial charge in [0.15, 0.2) is 0 Å². The molecule has 0 aromatic carbocycles. The molecule has 13 heavy (non-hydrogen) atoms. The van der Waals surface area contributed by atoms with Crippen LogP contribution in [0.15, 0.2) is 0 Å². The third-order valence-corrected chi connectivity index (χ3v) is 0. The Morgan fingerprint density at radius 2 is 1.31 bits per heavy atom. The summed E-state index contributed by atoms with van der Waals surface area (Å²) in [5.41, 5.74) is 8.50. The fourth-order valence-corrected chi connectivity index (χ4v) is 0. The van der Waals surface area contributed by atoms with Gasteiger partial charge in [-0.05, 0) is 0 Å². The normalized spacial score (nSPS) is 8.15. The van der Waals surface area contributed by atoms with Crippen molar-refractivity contribution in [2.24, 2.45) is 11.5 Å². The third-order valence-electron chi connectivity index (χ3n) is 0.